The summed E-state index contributed by atoms with van der Waals surface area (Å²) < 4.78 is 24.1. The minimum absolute atomic E-state index is 0.0514. The molecule has 4 aliphatic heterocycles. The molecular formula is C45H48N4O6S2. The second kappa shape index (κ2) is 16.3. The van der Waals surface area contributed by atoms with Crippen LogP contribution in [0.1, 0.15) is 51.1 Å². The van der Waals surface area contributed by atoms with Crippen LogP contribution in [0.5, 0.6) is 23.0 Å². The summed E-state index contributed by atoms with van der Waals surface area (Å²) >= 11 is 3.42. The number of rotatable bonds is 12. The number of amides is 2. The highest BCUT2D eigenvalue weighted by Crippen LogP contribution is 2.44. The van der Waals surface area contributed by atoms with Crippen LogP contribution >= 0.6 is 23.5 Å². The lowest BCUT2D eigenvalue weighted by Crippen LogP contribution is -2.41. The van der Waals surface area contributed by atoms with Gasteiger partial charge in [-0.05, 0) is 63.1 Å². The van der Waals surface area contributed by atoms with Crippen LogP contribution in [0.3, 0.4) is 0 Å². The number of anilines is 2. The first-order valence-electron chi connectivity index (χ1n) is 19.2. The van der Waals surface area contributed by atoms with Crippen molar-refractivity contribution in [2.75, 3.05) is 51.2 Å². The molecule has 0 bridgehead atoms. The fraction of sp³-hybridized carbons (Fsp3) is 0.333. The number of methoxy groups -OCH3 is 2. The van der Waals surface area contributed by atoms with Gasteiger partial charge in [-0.25, -0.2) is 0 Å². The molecular weight excluding hydrogens is 757 g/mol. The number of carbonyl (C=O) groups is 2. The van der Waals surface area contributed by atoms with Crippen LogP contribution in [-0.4, -0.2) is 85.0 Å². The van der Waals surface area contributed by atoms with E-state index in [9.17, 15) is 9.59 Å². The maximum absolute atomic E-state index is 14.0. The van der Waals surface area contributed by atoms with Crippen molar-refractivity contribution in [2.45, 2.75) is 65.7 Å². The number of benzene rings is 4. The standard InChI is InChI=1S/C45H48N4O6S2/c1-26-8-12-30(13-9-26)56-42-36-18-28(3)24-48(36)44(50)32-20-38(52-5)40(22-34(32)46-42)54-16-7-17-55-41-23-35-33(21-39(41)53-6)45(51)49-25-29(4)19-37(49)43(47-35)57-31-14-10-27(2)11-15-31/h8-15,20-23,36-37,42-43,46-47H,3-4,7,16-19,24-25H2,1-2,5-6H3/t36-,37-,42?,43?/m0/s1. The maximum Gasteiger partial charge on any atom is 0.256 e. The topological polar surface area (TPSA) is 102 Å². The van der Waals surface area contributed by atoms with E-state index >= 15 is 0 Å². The van der Waals surface area contributed by atoms with Gasteiger partial charge in [0.15, 0.2) is 23.0 Å². The number of nitrogens with zero attached hydrogens (tertiary/aromatic N) is 2. The van der Waals surface area contributed by atoms with E-state index in [2.05, 4.69) is 86.2 Å². The minimum atomic E-state index is -0.0970. The van der Waals surface area contributed by atoms with Gasteiger partial charge < -0.3 is 39.4 Å². The monoisotopic (exact) mass is 804 g/mol. The van der Waals surface area contributed by atoms with Gasteiger partial charge in [0.2, 0.25) is 0 Å². The first-order valence-corrected chi connectivity index (χ1v) is 21.0. The lowest BCUT2D eigenvalue weighted by atomic mass is 10.1. The lowest BCUT2D eigenvalue weighted by molar-refractivity contribution is 0.0740. The number of ether oxygens (including phenoxy) is 4. The highest BCUT2D eigenvalue weighted by Gasteiger charge is 2.43. The molecule has 2 fully saturated rings. The number of thioether (sulfide) groups is 2. The molecule has 2 amide bonds. The van der Waals surface area contributed by atoms with Gasteiger partial charge in [-0.3, -0.25) is 9.59 Å². The largest absolute Gasteiger partial charge is 0.493 e. The highest BCUT2D eigenvalue weighted by molar-refractivity contribution is 8.00. The second-order valence-corrected chi connectivity index (χ2v) is 17.5. The second-order valence-electron chi connectivity index (χ2n) is 15.0. The van der Waals surface area contributed by atoms with Gasteiger partial charge in [0.05, 0.1) is 72.8 Å². The number of carbonyl (C=O) groups excluding carboxylic acids is 2. The first-order chi connectivity index (χ1) is 27.6. The summed E-state index contributed by atoms with van der Waals surface area (Å²) in [6.07, 6.45) is 2.02. The van der Waals surface area contributed by atoms with Crippen LogP contribution in [0.4, 0.5) is 11.4 Å². The summed E-state index contributed by atoms with van der Waals surface area (Å²) in [5.41, 5.74) is 6.98. The van der Waals surface area contributed by atoms with Crippen molar-refractivity contribution >= 4 is 46.7 Å². The van der Waals surface area contributed by atoms with Gasteiger partial charge in [-0.2, -0.15) is 0 Å². The van der Waals surface area contributed by atoms with Crippen LogP contribution in [-0.2, 0) is 0 Å². The summed E-state index contributed by atoms with van der Waals surface area (Å²) in [5, 5.41) is 7.18. The van der Waals surface area contributed by atoms with Gasteiger partial charge in [-0.1, -0.05) is 83.2 Å². The predicted octanol–water partition coefficient (Wildman–Crippen LogP) is 8.80. The third-order valence-electron chi connectivity index (χ3n) is 10.8. The summed E-state index contributed by atoms with van der Waals surface area (Å²) in [6, 6.07) is 24.1. The SMILES string of the molecule is C=C1C[C@H]2C(Sc3ccc(C)cc3)Nc3cc(OCCCOc4cc5c(cc4OC)C(=O)N4CC(=C)C[C@H]4C(Sc4ccc(C)cc4)N5)c(OC)cc3C(=O)N2C1. The molecule has 0 spiro atoms. The van der Waals surface area contributed by atoms with Crippen LogP contribution in [0.2, 0.25) is 0 Å². The van der Waals surface area contributed by atoms with Crippen molar-refractivity contribution in [3.8, 4) is 23.0 Å². The molecule has 12 heteroatoms. The molecule has 296 valence electrons. The molecule has 0 radical (unpaired) electrons. The Morgan fingerprint density at radius 3 is 1.42 bits per heavy atom. The van der Waals surface area contributed by atoms with Crippen LogP contribution in [0.25, 0.3) is 0 Å². The van der Waals surface area contributed by atoms with Crippen LogP contribution < -0.4 is 29.6 Å². The molecule has 2 saturated heterocycles. The van der Waals surface area contributed by atoms with Gasteiger partial charge in [-0.15, -0.1) is 0 Å². The van der Waals surface area contributed by atoms with E-state index in [1.54, 1.807) is 49.9 Å². The predicted molar refractivity (Wildman–Crippen MR) is 228 cm³/mol. The molecule has 2 N–H and O–H groups in total. The molecule has 8 rings (SSSR count). The average molecular weight is 805 g/mol. The molecule has 57 heavy (non-hydrogen) atoms. The molecule has 4 heterocycles. The quantitative estimate of drug-likeness (QED) is 0.107. The smallest absolute Gasteiger partial charge is 0.256 e. The molecule has 0 aromatic heterocycles. The summed E-state index contributed by atoms with van der Waals surface area (Å²) in [4.78, 5) is 34.0. The molecule has 4 aromatic carbocycles. The summed E-state index contributed by atoms with van der Waals surface area (Å²) in [6.45, 7) is 14.3. The Morgan fingerprint density at radius 1 is 0.632 bits per heavy atom. The van der Waals surface area contributed by atoms with E-state index in [-0.39, 0.29) is 34.6 Å². The van der Waals surface area contributed by atoms with Crippen molar-refractivity contribution in [3.05, 3.63) is 119 Å². The molecule has 0 saturated carbocycles. The summed E-state index contributed by atoms with van der Waals surface area (Å²) in [5.74, 6) is 1.93. The highest BCUT2D eigenvalue weighted by atomic mass is 32.2. The zero-order valence-corrected chi connectivity index (χ0v) is 34.4. The van der Waals surface area contributed by atoms with Gasteiger partial charge in [0.25, 0.3) is 11.8 Å². The Hall–Kier alpha value is -5.20. The van der Waals surface area contributed by atoms with Crippen molar-refractivity contribution in [1.82, 2.24) is 9.80 Å². The number of aryl methyl sites for hydroxylation is 2. The van der Waals surface area contributed by atoms with E-state index in [0.29, 0.717) is 78.2 Å². The Balaban J connectivity index is 0.965. The van der Waals surface area contributed by atoms with E-state index in [1.807, 2.05) is 21.9 Å². The number of hydrogen-bond donors (Lipinski definition) is 2. The maximum atomic E-state index is 14.0. The van der Waals surface area contributed by atoms with Crippen molar-refractivity contribution in [2.24, 2.45) is 0 Å². The molecule has 2 unspecified atom stereocenters. The number of fused-ring (bicyclic) bond motifs is 4. The average Bonchev–Trinajstić information content (AvgIpc) is 3.75. The Labute approximate surface area is 343 Å². The third-order valence-corrected chi connectivity index (χ3v) is 13.3. The molecule has 4 aromatic rings. The minimum Gasteiger partial charge on any atom is -0.493 e. The fourth-order valence-electron chi connectivity index (χ4n) is 7.87. The van der Waals surface area contributed by atoms with Crippen molar-refractivity contribution in [3.63, 3.8) is 0 Å². The van der Waals surface area contributed by atoms with E-state index in [1.165, 1.54) is 11.1 Å². The van der Waals surface area contributed by atoms with Crippen LogP contribution in [0.15, 0.2) is 107 Å². The number of nitrogens with one attached hydrogen (secondary N) is 2. The molecule has 4 aliphatic rings. The van der Waals surface area contributed by atoms with E-state index in [0.717, 1.165) is 33.8 Å². The van der Waals surface area contributed by atoms with E-state index in [4.69, 9.17) is 18.9 Å². The molecule has 4 atom stereocenters. The van der Waals surface area contributed by atoms with Gasteiger partial charge in [0.1, 0.15) is 0 Å². The Bertz CT molecular complexity index is 2060. The third kappa shape index (κ3) is 8.02. The van der Waals surface area contributed by atoms with Crippen molar-refractivity contribution < 1.29 is 28.5 Å². The van der Waals surface area contributed by atoms with Gasteiger partial charge in [0, 0.05) is 41.4 Å². The molecule has 0 aliphatic carbocycles. The van der Waals surface area contributed by atoms with Gasteiger partial charge >= 0.3 is 0 Å². The first kappa shape index (κ1) is 38.7. The summed E-state index contributed by atoms with van der Waals surface area (Å²) in [7, 11) is 3.16. The van der Waals surface area contributed by atoms with Crippen LogP contribution in [0, 0.1) is 13.8 Å². The zero-order valence-electron chi connectivity index (χ0n) is 32.8. The lowest BCUT2D eigenvalue weighted by Gasteiger charge is -2.28. The fourth-order valence-corrected chi connectivity index (χ4v) is 10.2. The number of hydrogen-bond acceptors (Lipinski definition) is 10. The molecule has 10 nitrogen and oxygen atoms in total. The Kier molecular flexibility index (Phi) is 11.1. The zero-order chi connectivity index (χ0) is 39.8. The Morgan fingerprint density at radius 2 is 1.04 bits per heavy atom. The van der Waals surface area contributed by atoms with E-state index < -0.39 is 0 Å². The van der Waals surface area contributed by atoms with Crippen molar-refractivity contribution in [1.29, 1.82) is 0 Å². The normalized spacial score (nSPS) is 21.1.